The minimum absolute atomic E-state index is 0.200. The lowest BCUT2D eigenvalue weighted by atomic mass is 9.82. The number of hydrogen-bond donors (Lipinski definition) is 0. The number of Topliss-reactive ketones (excluding diaryl/α,β-unsaturated/α-hetero) is 1. The summed E-state index contributed by atoms with van der Waals surface area (Å²) in [5, 5.41) is 0. The molecule has 0 aliphatic carbocycles. The molecule has 19 heavy (non-hydrogen) atoms. The van der Waals surface area contributed by atoms with E-state index in [0.717, 1.165) is 12.8 Å². The lowest BCUT2D eigenvalue weighted by molar-refractivity contribution is -0.127. The summed E-state index contributed by atoms with van der Waals surface area (Å²) in [5.41, 5.74) is -0.200. The molecule has 0 atom stereocenters. The molecule has 0 amide bonds. The molecular formula is C16H32O2Si. The highest BCUT2D eigenvalue weighted by Crippen LogP contribution is 2.25. The fourth-order valence-electron chi connectivity index (χ4n) is 2.02. The predicted molar refractivity (Wildman–Crippen MR) is 85.7 cm³/mol. The van der Waals surface area contributed by atoms with Gasteiger partial charge in [-0.05, 0) is 32.0 Å². The van der Waals surface area contributed by atoms with Gasteiger partial charge in [0.25, 0.3) is 0 Å². The Balaban J connectivity index is 4.01. The van der Waals surface area contributed by atoms with E-state index in [2.05, 4.69) is 26.1 Å². The zero-order valence-corrected chi connectivity index (χ0v) is 14.7. The number of rotatable bonds is 10. The van der Waals surface area contributed by atoms with Crippen molar-refractivity contribution in [1.82, 2.24) is 0 Å². The van der Waals surface area contributed by atoms with Gasteiger partial charge in [0, 0.05) is 11.8 Å². The second-order valence-electron chi connectivity index (χ2n) is 6.55. The zero-order valence-electron chi connectivity index (χ0n) is 13.7. The SMILES string of the molecule is CCCC[Si](C)(C)OC=CCCC(C)(C)C(=O)CC. The van der Waals surface area contributed by atoms with Crippen molar-refractivity contribution >= 4 is 14.1 Å². The summed E-state index contributed by atoms with van der Waals surface area (Å²) in [7, 11) is -1.50. The summed E-state index contributed by atoms with van der Waals surface area (Å²) in [6.07, 6.45) is 8.87. The molecule has 0 fully saturated rings. The first-order valence-corrected chi connectivity index (χ1v) is 10.7. The van der Waals surface area contributed by atoms with Gasteiger partial charge in [-0.1, -0.05) is 46.6 Å². The molecule has 0 spiro atoms. The molecule has 0 aliphatic rings. The van der Waals surface area contributed by atoms with Crippen LogP contribution in [0.1, 0.15) is 59.8 Å². The second kappa shape index (κ2) is 8.57. The van der Waals surface area contributed by atoms with E-state index in [4.69, 9.17) is 4.43 Å². The summed E-state index contributed by atoms with van der Waals surface area (Å²) >= 11 is 0. The first-order chi connectivity index (χ1) is 8.75. The highest BCUT2D eigenvalue weighted by Gasteiger charge is 2.24. The van der Waals surface area contributed by atoms with E-state index in [1.807, 2.05) is 27.0 Å². The Labute approximate surface area is 120 Å². The van der Waals surface area contributed by atoms with E-state index in [9.17, 15) is 4.79 Å². The number of carbonyl (C=O) groups excluding carboxylic acids is 1. The fourth-order valence-corrected chi connectivity index (χ4v) is 3.81. The minimum atomic E-state index is -1.50. The molecule has 0 aromatic rings. The van der Waals surface area contributed by atoms with E-state index in [-0.39, 0.29) is 5.41 Å². The smallest absolute Gasteiger partial charge is 0.244 e. The van der Waals surface area contributed by atoms with E-state index in [1.54, 1.807) is 0 Å². The van der Waals surface area contributed by atoms with Crippen LogP contribution in [0.5, 0.6) is 0 Å². The van der Waals surface area contributed by atoms with Crippen LogP contribution in [0.15, 0.2) is 12.3 Å². The number of carbonyl (C=O) groups is 1. The van der Waals surface area contributed by atoms with Crippen LogP contribution < -0.4 is 0 Å². The largest absolute Gasteiger partial charge is 0.550 e. The van der Waals surface area contributed by atoms with Crippen LogP contribution >= 0.6 is 0 Å². The van der Waals surface area contributed by atoms with Crippen molar-refractivity contribution in [3.05, 3.63) is 12.3 Å². The van der Waals surface area contributed by atoms with Gasteiger partial charge in [-0.15, -0.1) is 0 Å². The van der Waals surface area contributed by atoms with Crippen molar-refractivity contribution < 1.29 is 9.22 Å². The molecule has 0 aromatic carbocycles. The van der Waals surface area contributed by atoms with Crippen molar-refractivity contribution in [1.29, 1.82) is 0 Å². The molecule has 0 N–H and O–H groups in total. The van der Waals surface area contributed by atoms with Crippen molar-refractivity contribution in [2.24, 2.45) is 5.41 Å². The van der Waals surface area contributed by atoms with Gasteiger partial charge < -0.3 is 4.43 Å². The highest BCUT2D eigenvalue weighted by molar-refractivity contribution is 6.71. The molecule has 0 saturated heterocycles. The third-order valence-corrected chi connectivity index (χ3v) is 5.96. The van der Waals surface area contributed by atoms with Crippen LogP contribution in [-0.4, -0.2) is 14.1 Å². The van der Waals surface area contributed by atoms with E-state index < -0.39 is 8.32 Å². The van der Waals surface area contributed by atoms with Gasteiger partial charge in [0.2, 0.25) is 8.32 Å². The number of ketones is 1. The molecule has 0 bridgehead atoms. The second-order valence-corrected chi connectivity index (χ2v) is 10.8. The molecule has 2 nitrogen and oxygen atoms in total. The van der Waals surface area contributed by atoms with Gasteiger partial charge in [0.15, 0.2) is 0 Å². The summed E-state index contributed by atoms with van der Waals surface area (Å²) in [6, 6.07) is 1.22. The quantitative estimate of drug-likeness (QED) is 0.401. The lowest BCUT2D eigenvalue weighted by Gasteiger charge is -2.22. The fraction of sp³-hybridized carbons (Fsp3) is 0.812. The zero-order chi connectivity index (χ0) is 14.9. The standard InChI is InChI=1S/C16H32O2Si/c1-7-9-14-19(5,6)18-13-11-10-12-16(3,4)15(17)8-2/h11,13H,7-10,12,14H2,1-6H3. The van der Waals surface area contributed by atoms with Gasteiger partial charge in [-0.2, -0.15) is 0 Å². The molecular weight excluding hydrogens is 252 g/mol. The minimum Gasteiger partial charge on any atom is -0.550 e. The first-order valence-electron chi connectivity index (χ1n) is 7.61. The maximum absolute atomic E-state index is 11.7. The normalized spacial score (nSPS) is 12.9. The van der Waals surface area contributed by atoms with Crippen LogP contribution in [0.25, 0.3) is 0 Å². The maximum atomic E-state index is 11.7. The summed E-state index contributed by atoms with van der Waals surface area (Å²) < 4.78 is 5.91. The monoisotopic (exact) mass is 284 g/mol. The van der Waals surface area contributed by atoms with Gasteiger partial charge in [0.05, 0.1) is 6.26 Å². The summed E-state index contributed by atoms with van der Waals surface area (Å²) in [4.78, 5) is 11.7. The number of unbranched alkanes of at least 4 members (excludes halogenated alkanes) is 1. The molecule has 0 aromatic heterocycles. The lowest BCUT2D eigenvalue weighted by Crippen LogP contribution is -2.27. The maximum Gasteiger partial charge on any atom is 0.244 e. The molecule has 112 valence electrons. The Morgan fingerprint density at radius 2 is 1.89 bits per heavy atom. The Hall–Kier alpha value is -0.573. The van der Waals surface area contributed by atoms with Crippen LogP contribution in [0, 0.1) is 5.41 Å². The van der Waals surface area contributed by atoms with Crippen molar-refractivity contribution in [2.75, 3.05) is 0 Å². The van der Waals surface area contributed by atoms with Gasteiger partial charge in [0.1, 0.15) is 5.78 Å². The van der Waals surface area contributed by atoms with Crippen LogP contribution in [0.4, 0.5) is 0 Å². The molecule has 0 heterocycles. The van der Waals surface area contributed by atoms with E-state index in [0.29, 0.717) is 12.2 Å². The third-order valence-electron chi connectivity index (χ3n) is 3.63. The Bertz CT molecular complexity index is 293. The van der Waals surface area contributed by atoms with Gasteiger partial charge in [-0.3, -0.25) is 4.79 Å². The third kappa shape index (κ3) is 8.25. The Kier molecular flexibility index (Phi) is 8.31. The number of allylic oxidation sites excluding steroid dienone is 1. The molecule has 0 aliphatic heterocycles. The number of hydrogen-bond acceptors (Lipinski definition) is 2. The first kappa shape index (κ1) is 18.4. The molecule has 0 unspecified atom stereocenters. The Morgan fingerprint density at radius 3 is 2.42 bits per heavy atom. The van der Waals surface area contributed by atoms with Crippen molar-refractivity contribution in [3.8, 4) is 0 Å². The van der Waals surface area contributed by atoms with Crippen LogP contribution in [0.3, 0.4) is 0 Å². The van der Waals surface area contributed by atoms with Crippen LogP contribution in [0.2, 0.25) is 19.1 Å². The summed E-state index contributed by atoms with van der Waals surface area (Å²) in [6.45, 7) is 12.7. The molecule has 0 rings (SSSR count). The van der Waals surface area contributed by atoms with Crippen LogP contribution in [-0.2, 0) is 9.22 Å². The Morgan fingerprint density at radius 1 is 1.26 bits per heavy atom. The van der Waals surface area contributed by atoms with E-state index >= 15 is 0 Å². The predicted octanol–water partition coefficient (Wildman–Crippen LogP) is 5.31. The molecule has 0 saturated carbocycles. The van der Waals surface area contributed by atoms with Gasteiger partial charge >= 0.3 is 0 Å². The highest BCUT2D eigenvalue weighted by atomic mass is 28.4. The topological polar surface area (TPSA) is 26.3 Å². The molecule has 0 radical (unpaired) electrons. The van der Waals surface area contributed by atoms with Crippen molar-refractivity contribution in [3.63, 3.8) is 0 Å². The van der Waals surface area contributed by atoms with E-state index in [1.165, 1.54) is 18.9 Å². The van der Waals surface area contributed by atoms with Crippen molar-refractivity contribution in [2.45, 2.75) is 78.9 Å². The average molecular weight is 285 g/mol. The molecule has 3 heteroatoms. The van der Waals surface area contributed by atoms with Gasteiger partial charge in [-0.25, -0.2) is 0 Å². The summed E-state index contributed by atoms with van der Waals surface area (Å²) in [5.74, 6) is 0.347. The average Bonchev–Trinajstić information content (AvgIpc) is 2.34.